The SMILES string of the molecule is C/C(=C\c1c[nH]c2ccc(C)cc12)C(=O)Nc1ccc(C(C)(C)C)cc1. The van der Waals surface area contributed by atoms with Crippen LogP contribution in [0.25, 0.3) is 17.0 Å². The Morgan fingerprint density at radius 2 is 1.77 bits per heavy atom. The zero-order valence-corrected chi connectivity index (χ0v) is 16.1. The summed E-state index contributed by atoms with van der Waals surface area (Å²) in [5.41, 5.74) is 6.14. The molecule has 0 aliphatic heterocycles. The van der Waals surface area contributed by atoms with E-state index in [-0.39, 0.29) is 11.3 Å². The third kappa shape index (κ3) is 3.88. The summed E-state index contributed by atoms with van der Waals surface area (Å²) in [5.74, 6) is -0.0875. The van der Waals surface area contributed by atoms with Crippen LogP contribution >= 0.6 is 0 Å². The predicted octanol–water partition coefficient (Wildman–Crippen LogP) is 5.82. The number of carbonyl (C=O) groups is 1. The highest BCUT2D eigenvalue weighted by atomic mass is 16.1. The second-order valence-corrected chi connectivity index (χ2v) is 7.90. The lowest BCUT2D eigenvalue weighted by atomic mass is 9.87. The molecule has 0 radical (unpaired) electrons. The second kappa shape index (κ2) is 6.83. The fraction of sp³-hybridized carbons (Fsp3) is 0.261. The Balaban J connectivity index is 1.78. The van der Waals surface area contributed by atoms with Crippen LogP contribution in [0.1, 0.15) is 44.4 Å². The zero-order valence-electron chi connectivity index (χ0n) is 16.1. The number of carbonyl (C=O) groups excluding carboxylic acids is 1. The molecular weight excluding hydrogens is 320 g/mol. The molecule has 0 aliphatic rings. The molecule has 2 N–H and O–H groups in total. The molecule has 0 saturated carbocycles. The van der Waals surface area contributed by atoms with Gasteiger partial charge in [0.25, 0.3) is 5.91 Å². The van der Waals surface area contributed by atoms with E-state index in [0.717, 1.165) is 22.2 Å². The Morgan fingerprint density at radius 3 is 2.42 bits per heavy atom. The Morgan fingerprint density at radius 1 is 1.08 bits per heavy atom. The minimum absolute atomic E-state index is 0.0875. The van der Waals surface area contributed by atoms with Crippen LogP contribution in [-0.4, -0.2) is 10.9 Å². The molecule has 3 aromatic rings. The summed E-state index contributed by atoms with van der Waals surface area (Å²) in [4.78, 5) is 15.8. The fourth-order valence-corrected chi connectivity index (χ4v) is 2.96. The number of benzene rings is 2. The Bertz CT molecular complexity index is 970. The van der Waals surface area contributed by atoms with Crippen molar-refractivity contribution in [3.63, 3.8) is 0 Å². The van der Waals surface area contributed by atoms with Gasteiger partial charge in [0, 0.05) is 33.9 Å². The van der Waals surface area contributed by atoms with Crippen molar-refractivity contribution >= 4 is 28.6 Å². The van der Waals surface area contributed by atoms with E-state index in [0.29, 0.717) is 5.57 Å². The third-order valence-electron chi connectivity index (χ3n) is 4.61. The minimum Gasteiger partial charge on any atom is -0.361 e. The molecule has 0 unspecified atom stereocenters. The molecule has 26 heavy (non-hydrogen) atoms. The summed E-state index contributed by atoms with van der Waals surface area (Å²) >= 11 is 0. The van der Waals surface area contributed by atoms with Crippen molar-refractivity contribution in [2.45, 2.75) is 40.0 Å². The van der Waals surface area contributed by atoms with E-state index in [1.807, 2.05) is 31.3 Å². The molecule has 134 valence electrons. The van der Waals surface area contributed by atoms with Gasteiger partial charge in [0.05, 0.1) is 0 Å². The van der Waals surface area contributed by atoms with Gasteiger partial charge in [-0.15, -0.1) is 0 Å². The molecule has 0 saturated heterocycles. The van der Waals surface area contributed by atoms with E-state index in [2.05, 4.69) is 68.3 Å². The van der Waals surface area contributed by atoms with Gasteiger partial charge < -0.3 is 10.3 Å². The summed E-state index contributed by atoms with van der Waals surface area (Å²) in [6.07, 6.45) is 3.87. The number of rotatable bonds is 3. The van der Waals surface area contributed by atoms with Gasteiger partial charge >= 0.3 is 0 Å². The minimum atomic E-state index is -0.0875. The van der Waals surface area contributed by atoms with Gasteiger partial charge in [0.1, 0.15) is 0 Å². The number of nitrogens with one attached hydrogen (secondary N) is 2. The van der Waals surface area contributed by atoms with Gasteiger partial charge in [-0.1, -0.05) is 44.5 Å². The molecule has 3 nitrogen and oxygen atoms in total. The van der Waals surface area contributed by atoms with E-state index < -0.39 is 0 Å². The van der Waals surface area contributed by atoms with Crippen LogP contribution in [0.4, 0.5) is 5.69 Å². The lowest BCUT2D eigenvalue weighted by molar-refractivity contribution is -0.112. The smallest absolute Gasteiger partial charge is 0.251 e. The van der Waals surface area contributed by atoms with Crippen molar-refractivity contribution in [2.24, 2.45) is 0 Å². The highest BCUT2D eigenvalue weighted by Gasteiger charge is 2.13. The molecule has 1 aromatic heterocycles. The number of fused-ring (bicyclic) bond motifs is 1. The summed E-state index contributed by atoms with van der Waals surface area (Å²) in [6.45, 7) is 10.4. The Hall–Kier alpha value is -2.81. The maximum atomic E-state index is 12.5. The summed E-state index contributed by atoms with van der Waals surface area (Å²) in [7, 11) is 0. The molecule has 0 fully saturated rings. The van der Waals surface area contributed by atoms with Crippen LogP contribution in [0.5, 0.6) is 0 Å². The quantitative estimate of drug-likeness (QED) is 0.577. The molecule has 1 heterocycles. The molecule has 1 amide bonds. The van der Waals surface area contributed by atoms with Gasteiger partial charge in [0.15, 0.2) is 0 Å². The van der Waals surface area contributed by atoms with E-state index in [1.165, 1.54) is 11.1 Å². The Labute approximate surface area is 155 Å². The topological polar surface area (TPSA) is 44.9 Å². The number of aryl methyl sites for hydroxylation is 1. The normalized spacial score (nSPS) is 12.4. The van der Waals surface area contributed by atoms with Crippen molar-refractivity contribution in [2.75, 3.05) is 5.32 Å². The summed E-state index contributed by atoms with van der Waals surface area (Å²) in [6, 6.07) is 14.3. The first-order valence-corrected chi connectivity index (χ1v) is 8.92. The highest BCUT2D eigenvalue weighted by molar-refractivity contribution is 6.07. The van der Waals surface area contributed by atoms with Crippen LogP contribution < -0.4 is 5.32 Å². The summed E-state index contributed by atoms with van der Waals surface area (Å²) in [5, 5.41) is 4.11. The maximum Gasteiger partial charge on any atom is 0.251 e. The molecule has 0 aliphatic carbocycles. The molecule has 2 aromatic carbocycles. The van der Waals surface area contributed by atoms with E-state index in [9.17, 15) is 4.79 Å². The molecule has 3 heteroatoms. The molecule has 0 bridgehead atoms. The molecular formula is C23H26N2O. The van der Waals surface area contributed by atoms with E-state index in [1.54, 1.807) is 0 Å². The number of anilines is 1. The number of aromatic nitrogens is 1. The number of aromatic amines is 1. The number of amides is 1. The fourth-order valence-electron chi connectivity index (χ4n) is 2.96. The molecule has 0 spiro atoms. The lowest BCUT2D eigenvalue weighted by Gasteiger charge is -2.19. The first-order valence-electron chi connectivity index (χ1n) is 8.92. The molecule has 0 atom stereocenters. The van der Waals surface area contributed by atoms with Gasteiger partial charge in [-0.2, -0.15) is 0 Å². The van der Waals surface area contributed by atoms with Crippen LogP contribution in [0.3, 0.4) is 0 Å². The van der Waals surface area contributed by atoms with E-state index in [4.69, 9.17) is 0 Å². The van der Waals surface area contributed by atoms with Crippen molar-refractivity contribution in [1.82, 2.24) is 4.98 Å². The number of hydrogen-bond donors (Lipinski definition) is 2. The van der Waals surface area contributed by atoms with Gasteiger partial charge in [-0.05, 0) is 55.2 Å². The largest absolute Gasteiger partial charge is 0.361 e. The van der Waals surface area contributed by atoms with E-state index >= 15 is 0 Å². The highest BCUT2D eigenvalue weighted by Crippen LogP contribution is 2.24. The first-order chi connectivity index (χ1) is 12.2. The zero-order chi connectivity index (χ0) is 18.9. The number of hydrogen-bond acceptors (Lipinski definition) is 1. The second-order valence-electron chi connectivity index (χ2n) is 7.90. The van der Waals surface area contributed by atoms with Crippen molar-refractivity contribution < 1.29 is 4.79 Å². The molecule has 3 rings (SSSR count). The van der Waals surface area contributed by atoms with Gasteiger partial charge in [-0.25, -0.2) is 0 Å². The van der Waals surface area contributed by atoms with Crippen molar-refractivity contribution in [3.8, 4) is 0 Å². The van der Waals surface area contributed by atoms with Gasteiger partial charge in [0.2, 0.25) is 0 Å². The van der Waals surface area contributed by atoms with Crippen molar-refractivity contribution in [3.05, 3.63) is 70.9 Å². The predicted molar refractivity (Wildman–Crippen MR) is 110 cm³/mol. The van der Waals surface area contributed by atoms with Crippen LogP contribution in [0, 0.1) is 6.92 Å². The number of H-pyrrole nitrogens is 1. The average molecular weight is 346 g/mol. The van der Waals surface area contributed by atoms with Crippen LogP contribution in [0.15, 0.2) is 54.2 Å². The average Bonchev–Trinajstić information content (AvgIpc) is 2.96. The van der Waals surface area contributed by atoms with Crippen LogP contribution in [0.2, 0.25) is 0 Å². The first kappa shape index (κ1) is 18.0. The monoisotopic (exact) mass is 346 g/mol. The lowest BCUT2D eigenvalue weighted by Crippen LogP contribution is -2.14. The van der Waals surface area contributed by atoms with Gasteiger partial charge in [-0.3, -0.25) is 4.79 Å². The van der Waals surface area contributed by atoms with Crippen molar-refractivity contribution in [1.29, 1.82) is 0 Å². The Kier molecular flexibility index (Phi) is 4.73. The standard InChI is InChI=1S/C23H26N2O/c1-15-6-11-21-20(12-15)17(14-24-21)13-16(2)22(26)25-19-9-7-18(8-10-19)23(3,4)5/h6-14,24H,1-5H3,(H,25,26)/b16-13+. The summed E-state index contributed by atoms with van der Waals surface area (Å²) < 4.78 is 0. The van der Waals surface area contributed by atoms with Crippen LogP contribution in [-0.2, 0) is 10.2 Å². The maximum absolute atomic E-state index is 12.5. The third-order valence-corrected chi connectivity index (χ3v) is 4.61.